The summed E-state index contributed by atoms with van der Waals surface area (Å²) >= 11 is 5.67. The van der Waals surface area contributed by atoms with E-state index in [4.69, 9.17) is 11.6 Å². The van der Waals surface area contributed by atoms with E-state index in [9.17, 15) is 22.7 Å². The fraction of sp³-hybridized carbons (Fsp3) is 0.143. The molecule has 0 spiro atoms. The zero-order valence-corrected chi connectivity index (χ0v) is 10.7. The van der Waals surface area contributed by atoms with Gasteiger partial charge in [0.2, 0.25) is 0 Å². The Morgan fingerprint density at radius 3 is 2.15 bits per heavy atom. The summed E-state index contributed by atoms with van der Waals surface area (Å²) in [5, 5.41) is 10.4. The lowest BCUT2D eigenvalue weighted by Gasteiger charge is -2.16. The molecule has 6 heteroatoms. The molecule has 1 atom stereocenters. The number of aliphatic hydroxyl groups is 1. The molecule has 0 radical (unpaired) electrons. The summed E-state index contributed by atoms with van der Waals surface area (Å²) < 4.78 is 51.7. The lowest BCUT2D eigenvalue weighted by molar-refractivity contribution is -0.140. The van der Waals surface area contributed by atoms with Crippen LogP contribution in [-0.4, -0.2) is 5.11 Å². The molecule has 0 saturated heterocycles. The number of alkyl halides is 3. The fourth-order valence-electron chi connectivity index (χ4n) is 1.80. The van der Waals surface area contributed by atoms with Crippen LogP contribution in [0.1, 0.15) is 22.8 Å². The molecule has 2 aromatic carbocycles. The molecule has 1 N–H and O–H groups in total. The predicted octanol–water partition coefficient (Wildman–Crippen LogP) is 4.58. The molecule has 0 aliphatic carbocycles. The predicted molar refractivity (Wildman–Crippen MR) is 66.9 cm³/mol. The van der Waals surface area contributed by atoms with Gasteiger partial charge in [0.15, 0.2) is 0 Å². The molecule has 2 rings (SSSR count). The van der Waals surface area contributed by atoms with Gasteiger partial charge in [0.25, 0.3) is 0 Å². The van der Waals surface area contributed by atoms with Crippen molar-refractivity contribution in [1.29, 1.82) is 0 Å². The SMILES string of the molecule is OC(c1ccc(Cl)cc1)c1cccc(C(F)(F)F)c1F. The van der Waals surface area contributed by atoms with Gasteiger partial charge >= 0.3 is 6.18 Å². The third kappa shape index (κ3) is 2.94. The van der Waals surface area contributed by atoms with Crippen molar-refractivity contribution in [2.24, 2.45) is 0 Å². The van der Waals surface area contributed by atoms with Crippen molar-refractivity contribution in [1.82, 2.24) is 0 Å². The largest absolute Gasteiger partial charge is 0.419 e. The summed E-state index contributed by atoms with van der Waals surface area (Å²) in [7, 11) is 0. The molecule has 0 bridgehead atoms. The van der Waals surface area contributed by atoms with E-state index in [0.29, 0.717) is 11.1 Å². The van der Waals surface area contributed by atoms with Gasteiger partial charge in [-0.15, -0.1) is 0 Å². The molecular formula is C14H9ClF4O. The summed E-state index contributed by atoms with van der Waals surface area (Å²) in [5.74, 6) is -1.47. The van der Waals surface area contributed by atoms with Gasteiger partial charge < -0.3 is 5.11 Å². The minimum atomic E-state index is -4.81. The molecule has 0 amide bonds. The van der Waals surface area contributed by atoms with Crippen LogP contribution in [0.3, 0.4) is 0 Å². The third-order valence-corrected chi connectivity index (χ3v) is 3.07. The highest BCUT2D eigenvalue weighted by atomic mass is 35.5. The van der Waals surface area contributed by atoms with Gasteiger partial charge in [-0.3, -0.25) is 0 Å². The summed E-state index contributed by atoms with van der Waals surface area (Å²) in [6, 6.07) is 8.58. The smallest absolute Gasteiger partial charge is 0.384 e. The Labute approximate surface area is 117 Å². The van der Waals surface area contributed by atoms with Crippen molar-refractivity contribution in [3.8, 4) is 0 Å². The first kappa shape index (κ1) is 14.8. The number of hydrogen-bond donors (Lipinski definition) is 1. The van der Waals surface area contributed by atoms with Crippen molar-refractivity contribution < 1.29 is 22.7 Å². The minimum Gasteiger partial charge on any atom is -0.384 e. The molecule has 0 fully saturated rings. The maximum absolute atomic E-state index is 13.9. The first-order valence-electron chi connectivity index (χ1n) is 5.60. The van der Waals surface area contributed by atoms with Crippen LogP contribution in [0.2, 0.25) is 5.02 Å². The zero-order chi connectivity index (χ0) is 14.9. The van der Waals surface area contributed by atoms with E-state index in [1.54, 1.807) is 0 Å². The maximum Gasteiger partial charge on any atom is 0.419 e. The highest BCUT2D eigenvalue weighted by Crippen LogP contribution is 2.35. The van der Waals surface area contributed by atoms with Crippen molar-refractivity contribution in [3.05, 3.63) is 70.0 Å². The molecule has 1 nitrogen and oxygen atoms in total. The average Bonchev–Trinajstić information content (AvgIpc) is 2.37. The van der Waals surface area contributed by atoms with Crippen LogP contribution in [0.25, 0.3) is 0 Å². The van der Waals surface area contributed by atoms with Crippen molar-refractivity contribution in [3.63, 3.8) is 0 Å². The Morgan fingerprint density at radius 1 is 1.00 bits per heavy atom. The van der Waals surface area contributed by atoms with Gasteiger partial charge in [-0.05, 0) is 23.8 Å². The average molecular weight is 305 g/mol. The second kappa shape index (κ2) is 5.42. The van der Waals surface area contributed by atoms with E-state index in [-0.39, 0.29) is 5.56 Å². The second-order valence-corrected chi connectivity index (χ2v) is 4.60. The standard InChI is InChI=1S/C14H9ClF4O/c15-9-6-4-8(5-7-9)13(20)10-2-1-3-11(12(10)16)14(17,18)19/h1-7,13,20H. The lowest BCUT2D eigenvalue weighted by Crippen LogP contribution is -2.12. The van der Waals surface area contributed by atoms with Gasteiger partial charge in [0, 0.05) is 10.6 Å². The molecule has 0 saturated carbocycles. The number of halogens is 5. The Morgan fingerprint density at radius 2 is 1.60 bits per heavy atom. The summed E-state index contributed by atoms with van der Waals surface area (Å²) in [6.07, 6.45) is -6.30. The van der Waals surface area contributed by atoms with Crippen LogP contribution in [-0.2, 0) is 6.18 Å². The summed E-state index contributed by atoms with van der Waals surface area (Å²) in [6.45, 7) is 0. The van der Waals surface area contributed by atoms with Crippen LogP contribution in [0, 0.1) is 5.82 Å². The molecule has 0 aliphatic rings. The molecule has 0 heterocycles. The van der Waals surface area contributed by atoms with Gasteiger partial charge in [-0.1, -0.05) is 35.9 Å². The van der Waals surface area contributed by atoms with E-state index in [1.807, 2.05) is 0 Å². The summed E-state index contributed by atoms with van der Waals surface area (Å²) in [4.78, 5) is 0. The molecule has 0 aliphatic heterocycles. The topological polar surface area (TPSA) is 20.2 Å². The van der Waals surface area contributed by atoms with E-state index in [2.05, 4.69) is 0 Å². The van der Waals surface area contributed by atoms with E-state index in [0.717, 1.165) is 12.1 Å². The maximum atomic E-state index is 13.9. The molecule has 0 aromatic heterocycles. The third-order valence-electron chi connectivity index (χ3n) is 2.81. The lowest BCUT2D eigenvalue weighted by atomic mass is 9.99. The highest BCUT2D eigenvalue weighted by Gasteiger charge is 2.35. The zero-order valence-electron chi connectivity index (χ0n) is 9.96. The van der Waals surface area contributed by atoms with E-state index >= 15 is 0 Å². The fourth-order valence-corrected chi connectivity index (χ4v) is 1.93. The number of hydrogen-bond acceptors (Lipinski definition) is 1. The van der Waals surface area contributed by atoms with Crippen molar-refractivity contribution in [2.75, 3.05) is 0 Å². The quantitative estimate of drug-likeness (QED) is 0.805. The Balaban J connectivity index is 2.45. The molecule has 106 valence electrons. The van der Waals surface area contributed by atoms with Gasteiger partial charge in [0.1, 0.15) is 11.9 Å². The normalized spacial score (nSPS) is 13.3. The van der Waals surface area contributed by atoms with Gasteiger partial charge in [-0.25, -0.2) is 4.39 Å². The Kier molecular flexibility index (Phi) is 4.01. The van der Waals surface area contributed by atoms with Crippen LogP contribution >= 0.6 is 11.6 Å². The van der Waals surface area contributed by atoms with Crippen LogP contribution in [0.4, 0.5) is 17.6 Å². The first-order valence-corrected chi connectivity index (χ1v) is 5.97. The van der Waals surface area contributed by atoms with Crippen molar-refractivity contribution >= 4 is 11.6 Å². The molecule has 2 aromatic rings. The number of aliphatic hydroxyl groups excluding tert-OH is 1. The minimum absolute atomic E-state index is 0.257. The first-order chi connectivity index (χ1) is 9.30. The van der Waals surface area contributed by atoms with Gasteiger partial charge in [-0.2, -0.15) is 13.2 Å². The highest BCUT2D eigenvalue weighted by molar-refractivity contribution is 6.30. The second-order valence-electron chi connectivity index (χ2n) is 4.16. The van der Waals surface area contributed by atoms with Crippen molar-refractivity contribution in [2.45, 2.75) is 12.3 Å². The van der Waals surface area contributed by atoms with E-state index < -0.39 is 29.2 Å². The van der Waals surface area contributed by atoms with Crippen LogP contribution in [0.5, 0.6) is 0 Å². The Bertz CT molecular complexity index is 608. The number of benzene rings is 2. The summed E-state index contributed by atoms with van der Waals surface area (Å²) in [5.41, 5.74) is -1.57. The molecular weight excluding hydrogens is 296 g/mol. The molecule has 1 unspecified atom stereocenters. The number of rotatable bonds is 2. The van der Waals surface area contributed by atoms with Gasteiger partial charge in [0.05, 0.1) is 5.56 Å². The van der Waals surface area contributed by atoms with Crippen LogP contribution in [0.15, 0.2) is 42.5 Å². The van der Waals surface area contributed by atoms with E-state index in [1.165, 1.54) is 24.3 Å². The monoisotopic (exact) mass is 304 g/mol. The van der Waals surface area contributed by atoms with Crippen LogP contribution < -0.4 is 0 Å². The molecule has 20 heavy (non-hydrogen) atoms. The Hall–Kier alpha value is -1.59.